The summed E-state index contributed by atoms with van der Waals surface area (Å²) in [5.74, 6) is 0. The first-order valence-corrected chi connectivity index (χ1v) is 6.70. The Morgan fingerprint density at radius 3 is 2.06 bits per heavy atom. The number of hydrogen-bond acceptors (Lipinski definition) is 3. The van der Waals surface area contributed by atoms with Crippen molar-refractivity contribution in [3.63, 3.8) is 0 Å². The quantitative estimate of drug-likeness (QED) is 0.871. The number of nitrogens with zero attached hydrogens (tertiary/aromatic N) is 1. The Labute approximate surface area is 110 Å². The van der Waals surface area contributed by atoms with E-state index in [0.29, 0.717) is 12.2 Å². The lowest BCUT2D eigenvalue weighted by atomic mass is 10.0. The molecule has 1 aromatic carbocycles. The molecule has 3 heteroatoms. The summed E-state index contributed by atoms with van der Waals surface area (Å²) in [4.78, 5) is 2.46. The van der Waals surface area contributed by atoms with Crippen LogP contribution in [0.5, 0.6) is 0 Å². The van der Waals surface area contributed by atoms with E-state index in [4.69, 9.17) is 4.74 Å². The fourth-order valence-corrected chi connectivity index (χ4v) is 2.96. The minimum absolute atomic E-state index is 0.302. The molecule has 2 rings (SSSR count). The van der Waals surface area contributed by atoms with Crippen LogP contribution in [0.25, 0.3) is 0 Å². The summed E-state index contributed by atoms with van der Waals surface area (Å²) in [5, 5.41) is 3.21. The van der Waals surface area contributed by atoms with Crippen molar-refractivity contribution >= 4 is 11.4 Å². The predicted molar refractivity (Wildman–Crippen MR) is 77.7 cm³/mol. The third-order valence-electron chi connectivity index (χ3n) is 3.52. The first kappa shape index (κ1) is 13.2. The Balaban J connectivity index is 2.32. The topological polar surface area (TPSA) is 24.5 Å². The fourth-order valence-electron chi connectivity index (χ4n) is 2.96. The fraction of sp³-hybridized carbons (Fsp3) is 0.600. The van der Waals surface area contributed by atoms with Gasteiger partial charge in [0.2, 0.25) is 0 Å². The van der Waals surface area contributed by atoms with Crippen molar-refractivity contribution in [1.29, 1.82) is 0 Å². The molecule has 100 valence electrons. The smallest absolute Gasteiger partial charge is 0.0726 e. The van der Waals surface area contributed by atoms with E-state index in [1.165, 1.54) is 22.5 Å². The monoisotopic (exact) mass is 248 g/mol. The molecular formula is C15H24N2O. The molecule has 1 fully saturated rings. The highest BCUT2D eigenvalue weighted by Crippen LogP contribution is 2.30. The van der Waals surface area contributed by atoms with E-state index in [2.05, 4.69) is 50.0 Å². The van der Waals surface area contributed by atoms with E-state index in [1.54, 1.807) is 0 Å². The summed E-state index contributed by atoms with van der Waals surface area (Å²) in [6.07, 6.45) is 0.605. The van der Waals surface area contributed by atoms with Crippen LogP contribution in [0, 0.1) is 13.8 Å². The highest BCUT2D eigenvalue weighted by Gasteiger charge is 2.24. The molecule has 0 radical (unpaired) electrons. The number of rotatable bonds is 2. The van der Waals surface area contributed by atoms with Crippen molar-refractivity contribution in [3.05, 3.63) is 23.3 Å². The van der Waals surface area contributed by atoms with Gasteiger partial charge in [-0.2, -0.15) is 0 Å². The SMILES string of the molecule is CNc1cc(C)c(N2C[C@@H](C)O[C@@H](C)C2)c(C)c1. The maximum atomic E-state index is 5.81. The average Bonchev–Trinajstić information content (AvgIpc) is 2.26. The van der Waals surface area contributed by atoms with Crippen LogP contribution in [0.3, 0.4) is 0 Å². The van der Waals surface area contributed by atoms with Gasteiger partial charge in [-0.05, 0) is 51.0 Å². The highest BCUT2D eigenvalue weighted by atomic mass is 16.5. The van der Waals surface area contributed by atoms with E-state index >= 15 is 0 Å². The van der Waals surface area contributed by atoms with Crippen LogP contribution in [0.2, 0.25) is 0 Å². The second kappa shape index (κ2) is 5.19. The third-order valence-corrected chi connectivity index (χ3v) is 3.52. The number of ether oxygens (including phenoxy) is 1. The number of hydrogen-bond donors (Lipinski definition) is 1. The van der Waals surface area contributed by atoms with Gasteiger partial charge in [0.25, 0.3) is 0 Å². The van der Waals surface area contributed by atoms with Gasteiger partial charge in [-0.1, -0.05) is 0 Å². The van der Waals surface area contributed by atoms with Crippen molar-refractivity contribution in [2.45, 2.75) is 39.9 Å². The molecule has 3 nitrogen and oxygen atoms in total. The Kier molecular flexibility index (Phi) is 3.81. The summed E-state index contributed by atoms with van der Waals surface area (Å²) in [6.45, 7) is 10.6. The van der Waals surface area contributed by atoms with Crippen molar-refractivity contribution in [1.82, 2.24) is 0 Å². The van der Waals surface area contributed by atoms with E-state index in [-0.39, 0.29) is 0 Å². The van der Waals surface area contributed by atoms with Crippen LogP contribution in [0.15, 0.2) is 12.1 Å². The van der Waals surface area contributed by atoms with Crippen LogP contribution in [-0.2, 0) is 4.74 Å². The minimum Gasteiger partial charge on any atom is -0.388 e. The van der Waals surface area contributed by atoms with Crippen molar-refractivity contribution < 1.29 is 4.74 Å². The van der Waals surface area contributed by atoms with Crippen LogP contribution in [0.1, 0.15) is 25.0 Å². The molecule has 0 saturated carbocycles. The van der Waals surface area contributed by atoms with Gasteiger partial charge in [-0.25, -0.2) is 0 Å². The van der Waals surface area contributed by atoms with Gasteiger partial charge in [0, 0.05) is 31.5 Å². The molecule has 18 heavy (non-hydrogen) atoms. The Bertz CT molecular complexity index is 397. The molecule has 1 aromatic rings. The molecule has 0 aromatic heterocycles. The molecule has 1 aliphatic heterocycles. The number of nitrogens with one attached hydrogen (secondary N) is 1. The predicted octanol–water partition coefficient (Wildman–Crippen LogP) is 2.96. The summed E-state index contributed by atoms with van der Waals surface area (Å²) in [7, 11) is 1.97. The van der Waals surface area contributed by atoms with E-state index in [9.17, 15) is 0 Å². The van der Waals surface area contributed by atoms with Gasteiger partial charge < -0.3 is 15.0 Å². The van der Waals surface area contributed by atoms with Gasteiger partial charge in [0.1, 0.15) is 0 Å². The van der Waals surface area contributed by atoms with Gasteiger partial charge >= 0.3 is 0 Å². The molecule has 2 atom stereocenters. The van der Waals surface area contributed by atoms with E-state index in [1.807, 2.05) is 7.05 Å². The largest absolute Gasteiger partial charge is 0.388 e. The van der Waals surface area contributed by atoms with E-state index in [0.717, 1.165) is 13.1 Å². The number of anilines is 2. The minimum atomic E-state index is 0.302. The van der Waals surface area contributed by atoms with Crippen molar-refractivity contribution in [2.24, 2.45) is 0 Å². The second-order valence-corrected chi connectivity index (χ2v) is 5.37. The summed E-state index contributed by atoms with van der Waals surface area (Å²) in [5.41, 5.74) is 5.22. The van der Waals surface area contributed by atoms with Crippen molar-refractivity contribution in [3.8, 4) is 0 Å². The molecule has 0 spiro atoms. The molecule has 0 bridgehead atoms. The first-order valence-electron chi connectivity index (χ1n) is 6.70. The molecule has 1 heterocycles. The van der Waals surface area contributed by atoms with Gasteiger partial charge in [0.05, 0.1) is 12.2 Å². The Morgan fingerprint density at radius 2 is 1.61 bits per heavy atom. The standard InChI is InChI=1S/C15H24N2O/c1-10-6-14(16-5)7-11(2)15(10)17-8-12(3)18-13(4)9-17/h6-7,12-13,16H,8-9H2,1-5H3/t12-,13+. The lowest BCUT2D eigenvalue weighted by Crippen LogP contribution is -2.46. The van der Waals surface area contributed by atoms with Crippen LogP contribution >= 0.6 is 0 Å². The number of aryl methyl sites for hydroxylation is 2. The van der Waals surface area contributed by atoms with Crippen LogP contribution in [-0.4, -0.2) is 32.3 Å². The maximum Gasteiger partial charge on any atom is 0.0726 e. The van der Waals surface area contributed by atoms with Crippen LogP contribution < -0.4 is 10.2 Å². The molecule has 1 aliphatic rings. The summed E-state index contributed by atoms with van der Waals surface area (Å²) < 4.78 is 5.81. The zero-order chi connectivity index (χ0) is 13.3. The van der Waals surface area contributed by atoms with Gasteiger partial charge in [-0.15, -0.1) is 0 Å². The Hall–Kier alpha value is -1.22. The molecule has 0 unspecified atom stereocenters. The van der Waals surface area contributed by atoms with Gasteiger partial charge in [0.15, 0.2) is 0 Å². The molecule has 1 saturated heterocycles. The highest BCUT2D eigenvalue weighted by molar-refractivity contribution is 5.65. The molecule has 0 aliphatic carbocycles. The second-order valence-electron chi connectivity index (χ2n) is 5.37. The average molecular weight is 248 g/mol. The lowest BCUT2D eigenvalue weighted by molar-refractivity contribution is -0.00527. The van der Waals surface area contributed by atoms with Gasteiger partial charge in [-0.3, -0.25) is 0 Å². The summed E-state index contributed by atoms with van der Waals surface area (Å²) in [6, 6.07) is 4.43. The zero-order valence-electron chi connectivity index (χ0n) is 12.1. The normalized spacial score (nSPS) is 24.2. The number of benzene rings is 1. The van der Waals surface area contributed by atoms with Crippen LogP contribution in [0.4, 0.5) is 11.4 Å². The zero-order valence-corrected chi connectivity index (χ0v) is 12.1. The molecular weight excluding hydrogens is 224 g/mol. The first-order chi connectivity index (χ1) is 8.51. The van der Waals surface area contributed by atoms with Crippen molar-refractivity contribution in [2.75, 3.05) is 30.4 Å². The third kappa shape index (κ3) is 2.61. The van der Waals surface area contributed by atoms with E-state index < -0.39 is 0 Å². The molecule has 1 N–H and O–H groups in total. The Morgan fingerprint density at radius 1 is 1.11 bits per heavy atom. The lowest BCUT2D eigenvalue weighted by Gasteiger charge is -2.38. The maximum absolute atomic E-state index is 5.81. The number of morpholine rings is 1. The summed E-state index contributed by atoms with van der Waals surface area (Å²) >= 11 is 0. The molecule has 0 amide bonds.